The van der Waals surface area contributed by atoms with E-state index >= 15 is 0 Å². The first kappa shape index (κ1) is 14.3. The fourth-order valence-corrected chi connectivity index (χ4v) is 1.41. The zero-order valence-electron chi connectivity index (χ0n) is 10.9. The molecule has 0 radical (unpaired) electrons. The van der Waals surface area contributed by atoms with Gasteiger partial charge >= 0.3 is 0 Å². The van der Waals surface area contributed by atoms with Crippen molar-refractivity contribution in [2.45, 2.75) is 25.8 Å². The number of aliphatic hydroxyl groups is 1. The van der Waals surface area contributed by atoms with Gasteiger partial charge in [-0.1, -0.05) is 6.92 Å². The van der Waals surface area contributed by atoms with Crippen molar-refractivity contribution in [3.05, 3.63) is 23.8 Å². The van der Waals surface area contributed by atoms with Crippen molar-refractivity contribution in [3.8, 4) is 11.5 Å². The Bertz CT molecular complexity index is 427. The molecule has 0 aromatic heterocycles. The third kappa shape index (κ3) is 3.13. The fourth-order valence-electron chi connectivity index (χ4n) is 1.41. The van der Waals surface area contributed by atoms with Crippen LogP contribution >= 0.6 is 0 Å². The largest absolute Gasteiger partial charge is 0.507 e. The predicted molar refractivity (Wildman–Crippen MR) is 67.9 cm³/mol. The minimum absolute atomic E-state index is 0.121. The second-order valence-electron chi connectivity index (χ2n) is 4.41. The minimum Gasteiger partial charge on any atom is -0.507 e. The zero-order chi connectivity index (χ0) is 13.8. The lowest BCUT2D eigenvalue weighted by atomic mass is 9.99. The van der Waals surface area contributed by atoms with Gasteiger partial charge in [0.25, 0.3) is 5.91 Å². The average molecular weight is 253 g/mol. The number of hydrogen-bond acceptors (Lipinski definition) is 4. The van der Waals surface area contributed by atoms with Gasteiger partial charge < -0.3 is 20.3 Å². The van der Waals surface area contributed by atoms with Gasteiger partial charge in [0, 0.05) is 0 Å². The number of ether oxygens (including phenoxy) is 1. The number of benzene rings is 1. The molecule has 1 amide bonds. The molecular formula is C13H19NO4. The fraction of sp³-hybridized carbons (Fsp3) is 0.462. The summed E-state index contributed by atoms with van der Waals surface area (Å²) in [6.45, 7) is 3.43. The van der Waals surface area contributed by atoms with Gasteiger partial charge in [0.15, 0.2) is 0 Å². The van der Waals surface area contributed by atoms with Crippen LogP contribution in [0.25, 0.3) is 0 Å². The van der Waals surface area contributed by atoms with Crippen molar-refractivity contribution in [2.24, 2.45) is 0 Å². The molecule has 0 aliphatic heterocycles. The molecular weight excluding hydrogens is 234 g/mol. The van der Waals surface area contributed by atoms with E-state index in [1.54, 1.807) is 13.0 Å². The third-order valence-corrected chi connectivity index (χ3v) is 2.99. The van der Waals surface area contributed by atoms with Crippen molar-refractivity contribution in [3.63, 3.8) is 0 Å². The van der Waals surface area contributed by atoms with Crippen LogP contribution in [0.3, 0.4) is 0 Å². The van der Waals surface area contributed by atoms with Gasteiger partial charge in [-0.15, -0.1) is 0 Å². The summed E-state index contributed by atoms with van der Waals surface area (Å²) in [6.07, 6.45) is 0.583. The number of methoxy groups -OCH3 is 1. The summed E-state index contributed by atoms with van der Waals surface area (Å²) < 4.78 is 5.00. The lowest BCUT2D eigenvalue weighted by Gasteiger charge is -2.27. The van der Waals surface area contributed by atoms with E-state index in [9.17, 15) is 15.0 Å². The highest BCUT2D eigenvalue weighted by Crippen LogP contribution is 2.23. The molecule has 1 rings (SSSR count). The molecule has 3 N–H and O–H groups in total. The molecule has 0 bridgehead atoms. The molecule has 0 saturated carbocycles. The molecule has 100 valence electrons. The van der Waals surface area contributed by atoms with Crippen LogP contribution in [0.15, 0.2) is 18.2 Å². The van der Waals surface area contributed by atoms with Crippen LogP contribution in [0.1, 0.15) is 30.6 Å². The van der Waals surface area contributed by atoms with Crippen LogP contribution in [0.5, 0.6) is 11.5 Å². The van der Waals surface area contributed by atoms with Gasteiger partial charge in [0.2, 0.25) is 0 Å². The first-order valence-electron chi connectivity index (χ1n) is 5.76. The SMILES string of the molecule is CCC(C)(CO)NC(=O)c1cc(OC)ccc1O. The van der Waals surface area contributed by atoms with Gasteiger partial charge in [-0.3, -0.25) is 4.79 Å². The van der Waals surface area contributed by atoms with Gasteiger partial charge in [-0.05, 0) is 31.5 Å². The number of phenolic OH excluding ortho intramolecular Hbond substituents is 1. The van der Waals surface area contributed by atoms with Crippen LogP contribution in [-0.4, -0.2) is 35.4 Å². The van der Waals surface area contributed by atoms with E-state index in [2.05, 4.69) is 5.32 Å². The van der Waals surface area contributed by atoms with Crippen LogP contribution in [0.2, 0.25) is 0 Å². The number of carbonyl (C=O) groups is 1. The maximum atomic E-state index is 12.0. The molecule has 18 heavy (non-hydrogen) atoms. The Kier molecular flexibility index (Phi) is 4.55. The maximum Gasteiger partial charge on any atom is 0.255 e. The first-order chi connectivity index (χ1) is 8.45. The molecule has 1 unspecified atom stereocenters. The van der Waals surface area contributed by atoms with E-state index in [1.165, 1.54) is 19.2 Å². The summed E-state index contributed by atoms with van der Waals surface area (Å²) in [6, 6.07) is 4.42. The standard InChI is InChI=1S/C13H19NO4/c1-4-13(2,8-15)14-12(17)10-7-9(18-3)5-6-11(10)16/h5-7,15-16H,4,8H2,1-3H3,(H,14,17). The molecule has 0 aliphatic carbocycles. The molecule has 1 aromatic carbocycles. The monoisotopic (exact) mass is 253 g/mol. The van der Waals surface area contributed by atoms with Crippen molar-refractivity contribution < 1.29 is 19.7 Å². The molecule has 5 heteroatoms. The highest BCUT2D eigenvalue weighted by molar-refractivity contribution is 5.97. The van der Waals surface area contributed by atoms with Crippen molar-refractivity contribution in [1.82, 2.24) is 5.32 Å². The number of aliphatic hydroxyl groups excluding tert-OH is 1. The van der Waals surface area contributed by atoms with Crippen LogP contribution in [0.4, 0.5) is 0 Å². The Morgan fingerprint density at radius 2 is 2.17 bits per heavy atom. The summed E-state index contributed by atoms with van der Waals surface area (Å²) >= 11 is 0. The Labute approximate surface area is 106 Å². The second kappa shape index (κ2) is 5.73. The second-order valence-corrected chi connectivity index (χ2v) is 4.41. The van der Waals surface area contributed by atoms with Gasteiger partial charge in [0.1, 0.15) is 11.5 Å². The van der Waals surface area contributed by atoms with Crippen molar-refractivity contribution in [1.29, 1.82) is 0 Å². The summed E-state index contributed by atoms with van der Waals surface area (Å²) in [5.41, 5.74) is -0.574. The van der Waals surface area contributed by atoms with Gasteiger partial charge in [0.05, 0.1) is 24.8 Å². The Balaban J connectivity index is 2.97. The Morgan fingerprint density at radius 3 is 2.67 bits per heavy atom. The first-order valence-corrected chi connectivity index (χ1v) is 5.76. The Morgan fingerprint density at radius 1 is 1.50 bits per heavy atom. The van der Waals surface area contributed by atoms with Crippen LogP contribution in [-0.2, 0) is 0 Å². The molecule has 0 spiro atoms. The number of carbonyl (C=O) groups excluding carboxylic acids is 1. The molecule has 0 saturated heterocycles. The van der Waals surface area contributed by atoms with E-state index in [4.69, 9.17) is 4.74 Å². The number of amides is 1. The Hall–Kier alpha value is -1.75. The zero-order valence-corrected chi connectivity index (χ0v) is 10.9. The molecule has 0 aliphatic rings. The number of nitrogens with one attached hydrogen (secondary N) is 1. The normalized spacial score (nSPS) is 13.8. The van der Waals surface area contributed by atoms with E-state index < -0.39 is 11.4 Å². The van der Waals surface area contributed by atoms with Crippen molar-refractivity contribution >= 4 is 5.91 Å². The third-order valence-electron chi connectivity index (χ3n) is 2.99. The highest BCUT2D eigenvalue weighted by Gasteiger charge is 2.25. The highest BCUT2D eigenvalue weighted by atomic mass is 16.5. The molecule has 0 heterocycles. The van der Waals surface area contributed by atoms with Crippen molar-refractivity contribution in [2.75, 3.05) is 13.7 Å². The quantitative estimate of drug-likeness (QED) is 0.739. The van der Waals surface area contributed by atoms with E-state index in [1.807, 2.05) is 6.92 Å². The summed E-state index contributed by atoms with van der Waals surface area (Å²) in [7, 11) is 1.48. The topological polar surface area (TPSA) is 78.8 Å². The van der Waals surface area contributed by atoms with Crippen LogP contribution in [0, 0.1) is 0 Å². The maximum absolute atomic E-state index is 12.0. The molecule has 5 nitrogen and oxygen atoms in total. The van der Waals surface area contributed by atoms with E-state index in [0.29, 0.717) is 12.2 Å². The van der Waals surface area contributed by atoms with Crippen LogP contribution < -0.4 is 10.1 Å². The molecule has 1 aromatic rings. The number of hydrogen-bond donors (Lipinski definition) is 3. The van der Waals surface area contributed by atoms with E-state index in [-0.39, 0.29) is 17.9 Å². The number of rotatable bonds is 5. The lowest BCUT2D eigenvalue weighted by molar-refractivity contribution is 0.0844. The summed E-state index contributed by atoms with van der Waals surface area (Å²) in [4.78, 5) is 12.0. The van der Waals surface area contributed by atoms with Gasteiger partial charge in [-0.2, -0.15) is 0 Å². The summed E-state index contributed by atoms with van der Waals surface area (Å²) in [5.74, 6) is -0.0744. The molecule has 0 fully saturated rings. The number of aromatic hydroxyl groups is 1. The van der Waals surface area contributed by atoms with Gasteiger partial charge in [-0.25, -0.2) is 0 Å². The average Bonchev–Trinajstić information content (AvgIpc) is 2.39. The van der Waals surface area contributed by atoms with E-state index in [0.717, 1.165) is 0 Å². The minimum atomic E-state index is -0.702. The predicted octanol–water partition coefficient (Wildman–Crippen LogP) is 1.29. The number of phenols is 1. The smallest absolute Gasteiger partial charge is 0.255 e. The summed E-state index contributed by atoms with van der Waals surface area (Å²) in [5, 5.41) is 21.6. The lowest BCUT2D eigenvalue weighted by Crippen LogP contribution is -2.48. The molecule has 1 atom stereocenters.